The Balaban J connectivity index is 1.35. The van der Waals surface area contributed by atoms with Crippen molar-refractivity contribution in [3.8, 4) is 0 Å². The maximum Gasteiger partial charge on any atom is 0.0110 e. The molecule has 2 fully saturated rings. The van der Waals surface area contributed by atoms with Crippen LogP contribution >= 0.6 is 0 Å². The van der Waals surface area contributed by atoms with Gasteiger partial charge in [0.1, 0.15) is 0 Å². The van der Waals surface area contributed by atoms with Gasteiger partial charge in [0.25, 0.3) is 0 Å². The Kier molecular flexibility index (Phi) is 2.44. The fourth-order valence-electron chi connectivity index (χ4n) is 1.44. The average Bonchev–Trinajstić information content (AvgIpc) is 2.83. The predicted molar refractivity (Wildman–Crippen MR) is 46.7 cm³/mol. The zero-order valence-corrected chi connectivity index (χ0v) is 7.26. The first-order chi connectivity index (χ1) is 5.45. The quantitative estimate of drug-likeness (QED) is 0.412. The van der Waals surface area contributed by atoms with Gasteiger partial charge in [-0.05, 0) is 25.9 Å². The summed E-state index contributed by atoms with van der Waals surface area (Å²) in [5.41, 5.74) is 0. The SMILES string of the molecule is C(CCN1CC1)CCN1CC1. The van der Waals surface area contributed by atoms with Crippen LogP contribution in [0.25, 0.3) is 0 Å². The molecule has 2 rings (SSSR count). The molecule has 0 N–H and O–H groups in total. The highest BCUT2D eigenvalue weighted by molar-refractivity contribution is 4.73. The molecule has 0 unspecified atom stereocenters. The van der Waals surface area contributed by atoms with Crippen molar-refractivity contribution in [2.45, 2.75) is 19.3 Å². The molecule has 0 aromatic heterocycles. The molecule has 2 nitrogen and oxygen atoms in total. The van der Waals surface area contributed by atoms with Crippen LogP contribution in [0.1, 0.15) is 19.3 Å². The largest absolute Gasteiger partial charge is 0.301 e. The minimum atomic E-state index is 1.36. The summed E-state index contributed by atoms with van der Waals surface area (Å²) in [5, 5.41) is 0. The highest BCUT2D eigenvalue weighted by Crippen LogP contribution is 2.09. The van der Waals surface area contributed by atoms with Crippen molar-refractivity contribution in [3.05, 3.63) is 0 Å². The highest BCUT2D eigenvalue weighted by atomic mass is 15.3. The van der Waals surface area contributed by atoms with E-state index in [4.69, 9.17) is 0 Å². The molecule has 2 heterocycles. The van der Waals surface area contributed by atoms with Gasteiger partial charge >= 0.3 is 0 Å². The molecular weight excluding hydrogens is 136 g/mol. The summed E-state index contributed by atoms with van der Waals surface area (Å²) in [6.45, 7) is 8.19. The van der Waals surface area contributed by atoms with Gasteiger partial charge in [0.05, 0.1) is 0 Å². The van der Waals surface area contributed by atoms with Crippen LogP contribution in [0.5, 0.6) is 0 Å². The van der Waals surface area contributed by atoms with E-state index in [9.17, 15) is 0 Å². The first-order valence-corrected chi connectivity index (χ1v) is 4.90. The third-order valence-electron chi connectivity index (χ3n) is 2.53. The van der Waals surface area contributed by atoms with Crippen molar-refractivity contribution >= 4 is 0 Å². The zero-order valence-electron chi connectivity index (χ0n) is 7.26. The second-order valence-corrected chi connectivity index (χ2v) is 3.74. The topological polar surface area (TPSA) is 6.02 Å². The fourth-order valence-corrected chi connectivity index (χ4v) is 1.44. The van der Waals surface area contributed by atoms with Crippen LogP contribution in [-0.2, 0) is 0 Å². The van der Waals surface area contributed by atoms with Crippen molar-refractivity contribution in [2.24, 2.45) is 0 Å². The van der Waals surface area contributed by atoms with E-state index >= 15 is 0 Å². The van der Waals surface area contributed by atoms with Crippen molar-refractivity contribution in [2.75, 3.05) is 39.3 Å². The van der Waals surface area contributed by atoms with Crippen LogP contribution in [0.4, 0.5) is 0 Å². The molecule has 2 aliphatic rings. The first-order valence-electron chi connectivity index (χ1n) is 4.90. The summed E-state index contributed by atoms with van der Waals surface area (Å²) in [7, 11) is 0. The molecule has 0 atom stereocenters. The molecule has 2 saturated heterocycles. The van der Waals surface area contributed by atoms with Crippen molar-refractivity contribution < 1.29 is 0 Å². The van der Waals surface area contributed by atoms with E-state index in [-0.39, 0.29) is 0 Å². The van der Waals surface area contributed by atoms with Crippen LogP contribution in [0.3, 0.4) is 0 Å². The monoisotopic (exact) mass is 154 g/mol. The second-order valence-electron chi connectivity index (χ2n) is 3.74. The van der Waals surface area contributed by atoms with E-state index in [1.807, 2.05) is 0 Å². The first kappa shape index (κ1) is 7.56. The molecular formula is C9H18N2. The van der Waals surface area contributed by atoms with Gasteiger partial charge in [0.15, 0.2) is 0 Å². The summed E-state index contributed by atoms with van der Waals surface area (Å²) < 4.78 is 0. The number of unbranched alkanes of at least 4 members (excludes halogenated alkanes) is 2. The lowest BCUT2D eigenvalue weighted by Crippen LogP contribution is -2.02. The van der Waals surface area contributed by atoms with Gasteiger partial charge in [-0.15, -0.1) is 0 Å². The minimum absolute atomic E-state index is 1.36. The molecule has 0 radical (unpaired) electrons. The van der Waals surface area contributed by atoms with Gasteiger partial charge in [-0.1, -0.05) is 6.42 Å². The van der Waals surface area contributed by atoms with Crippen LogP contribution in [-0.4, -0.2) is 49.1 Å². The zero-order chi connectivity index (χ0) is 7.52. The molecule has 0 amide bonds. The highest BCUT2D eigenvalue weighted by Gasteiger charge is 2.17. The normalized spacial score (nSPS) is 24.0. The van der Waals surface area contributed by atoms with Crippen LogP contribution in [0.15, 0.2) is 0 Å². The maximum atomic E-state index is 2.51. The van der Waals surface area contributed by atoms with Crippen LogP contribution in [0, 0.1) is 0 Å². The molecule has 64 valence electrons. The lowest BCUT2D eigenvalue weighted by molar-refractivity contribution is 0.474. The number of rotatable bonds is 6. The van der Waals surface area contributed by atoms with Gasteiger partial charge in [0, 0.05) is 26.2 Å². The molecule has 11 heavy (non-hydrogen) atoms. The van der Waals surface area contributed by atoms with Gasteiger partial charge in [-0.3, -0.25) is 0 Å². The van der Waals surface area contributed by atoms with Crippen LogP contribution in [0.2, 0.25) is 0 Å². The Morgan fingerprint density at radius 2 is 1.09 bits per heavy atom. The van der Waals surface area contributed by atoms with Gasteiger partial charge < -0.3 is 9.80 Å². The third-order valence-corrected chi connectivity index (χ3v) is 2.53. The van der Waals surface area contributed by atoms with Crippen LogP contribution < -0.4 is 0 Å². The summed E-state index contributed by atoms with van der Waals surface area (Å²) in [6.07, 6.45) is 4.29. The Morgan fingerprint density at radius 1 is 0.636 bits per heavy atom. The van der Waals surface area contributed by atoms with Gasteiger partial charge in [-0.2, -0.15) is 0 Å². The lowest BCUT2D eigenvalue weighted by Gasteiger charge is -2.01. The molecule has 0 aliphatic carbocycles. The molecule has 0 saturated carbocycles. The summed E-state index contributed by atoms with van der Waals surface area (Å²) in [4.78, 5) is 5.02. The predicted octanol–water partition coefficient (Wildman–Crippen LogP) is 0.788. The van der Waals surface area contributed by atoms with Crippen molar-refractivity contribution in [1.29, 1.82) is 0 Å². The summed E-state index contributed by atoms with van der Waals surface area (Å²) in [6, 6.07) is 0. The Labute approximate surface area is 69.2 Å². The van der Waals surface area contributed by atoms with Crippen molar-refractivity contribution in [1.82, 2.24) is 9.80 Å². The molecule has 2 aliphatic heterocycles. The number of hydrogen-bond donors (Lipinski definition) is 0. The molecule has 0 aromatic carbocycles. The second kappa shape index (κ2) is 3.55. The van der Waals surface area contributed by atoms with Gasteiger partial charge in [-0.25, -0.2) is 0 Å². The molecule has 0 aromatic rings. The average molecular weight is 154 g/mol. The smallest absolute Gasteiger partial charge is 0.0110 e. The molecule has 0 bridgehead atoms. The van der Waals surface area contributed by atoms with E-state index in [0.29, 0.717) is 0 Å². The Bertz CT molecular complexity index is 103. The molecule has 2 heteroatoms. The summed E-state index contributed by atoms with van der Waals surface area (Å²) in [5.74, 6) is 0. The lowest BCUT2D eigenvalue weighted by atomic mass is 10.2. The number of hydrogen-bond acceptors (Lipinski definition) is 2. The maximum absolute atomic E-state index is 2.51. The molecule has 0 spiro atoms. The Morgan fingerprint density at radius 3 is 1.45 bits per heavy atom. The fraction of sp³-hybridized carbons (Fsp3) is 1.00. The van der Waals surface area contributed by atoms with E-state index in [1.54, 1.807) is 0 Å². The minimum Gasteiger partial charge on any atom is -0.301 e. The van der Waals surface area contributed by atoms with E-state index in [1.165, 1.54) is 58.5 Å². The summed E-state index contributed by atoms with van der Waals surface area (Å²) >= 11 is 0. The standard InChI is InChI=1S/C9H18N2/c1(2-4-10-6-7-10)3-5-11-8-9-11/h1-9H2. The van der Waals surface area contributed by atoms with E-state index in [0.717, 1.165) is 0 Å². The van der Waals surface area contributed by atoms with Crippen molar-refractivity contribution in [3.63, 3.8) is 0 Å². The van der Waals surface area contributed by atoms with E-state index < -0.39 is 0 Å². The third kappa shape index (κ3) is 3.21. The Hall–Kier alpha value is -0.0800. The van der Waals surface area contributed by atoms with Gasteiger partial charge in [0.2, 0.25) is 0 Å². The van der Waals surface area contributed by atoms with E-state index in [2.05, 4.69) is 9.80 Å². The number of nitrogens with zero attached hydrogens (tertiary/aromatic N) is 2.